The average molecular weight is 492 g/mol. The van der Waals surface area contributed by atoms with Gasteiger partial charge in [0.1, 0.15) is 0 Å². The quantitative estimate of drug-likeness (QED) is 0.480. The molecule has 1 amide bonds. The largest absolute Gasteiger partial charge is 0.339 e. The molecule has 0 aromatic heterocycles. The molecular weight excluding hydrogens is 458 g/mol. The molecule has 0 N–H and O–H groups in total. The zero-order valence-corrected chi connectivity index (χ0v) is 21.2. The van der Waals surface area contributed by atoms with Crippen molar-refractivity contribution in [3.8, 4) is 0 Å². The van der Waals surface area contributed by atoms with Crippen molar-refractivity contribution in [2.45, 2.75) is 31.8 Å². The number of nitrogens with zero attached hydrogens (tertiary/aromatic N) is 3. The summed E-state index contributed by atoms with van der Waals surface area (Å²) in [6, 6.07) is 25.1. The Hall–Kier alpha value is -3.00. The van der Waals surface area contributed by atoms with Crippen LogP contribution in [0.3, 0.4) is 0 Å². The van der Waals surface area contributed by atoms with Gasteiger partial charge in [-0.1, -0.05) is 72.8 Å². The van der Waals surface area contributed by atoms with Crippen molar-refractivity contribution in [2.24, 2.45) is 0 Å². The predicted octanol–water partition coefficient (Wildman–Crippen LogP) is 3.84. The van der Waals surface area contributed by atoms with Crippen LogP contribution >= 0.6 is 0 Å². The molecule has 0 saturated carbocycles. The van der Waals surface area contributed by atoms with Crippen LogP contribution in [0.1, 0.15) is 22.3 Å². The van der Waals surface area contributed by atoms with Crippen LogP contribution < -0.4 is 0 Å². The van der Waals surface area contributed by atoms with E-state index >= 15 is 0 Å². The van der Waals surface area contributed by atoms with E-state index < -0.39 is 10.0 Å². The van der Waals surface area contributed by atoms with Crippen molar-refractivity contribution in [2.75, 3.05) is 32.7 Å². The summed E-state index contributed by atoms with van der Waals surface area (Å²) >= 11 is 0. The van der Waals surface area contributed by atoms with E-state index in [-0.39, 0.29) is 23.9 Å². The molecule has 1 fully saturated rings. The minimum Gasteiger partial charge on any atom is -0.339 e. The van der Waals surface area contributed by atoms with Gasteiger partial charge in [0, 0.05) is 39.3 Å². The molecule has 0 radical (unpaired) electrons. The third-order valence-electron chi connectivity index (χ3n) is 6.45. The van der Waals surface area contributed by atoms with Gasteiger partial charge in [0.2, 0.25) is 15.9 Å². The summed E-state index contributed by atoms with van der Waals surface area (Å²) in [4.78, 5) is 17.7. The Bertz CT molecular complexity index is 1240. The van der Waals surface area contributed by atoms with Crippen molar-refractivity contribution in [1.82, 2.24) is 14.1 Å². The van der Waals surface area contributed by atoms with Gasteiger partial charge in [0.05, 0.1) is 11.4 Å². The molecule has 1 aliphatic rings. The third-order valence-corrected chi connectivity index (χ3v) is 8.38. The maximum Gasteiger partial charge on any atom is 0.244 e. The highest BCUT2D eigenvalue weighted by Gasteiger charge is 2.31. The minimum atomic E-state index is -3.86. The highest BCUT2D eigenvalue weighted by atomic mass is 32.2. The summed E-state index contributed by atoms with van der Waals surface area (Å²) in [5.74, 6) is -0.158. The molecule has 0 spiro atoms. The topological polar surface area (TPSA) is 60.9 Å². The van der Waals surface area contributed by atoms with E-state index in [0.29, 0.717) is 18.7 Å². The maximum atomic E-state index is 13.7. The van der Waals surface area contributed by atoms with Crippen LogP contribution in [0.4, 0.5) is 0 Å². The van der Waals surface area contributed by atoms with Gasteiger partial charge in [0.15, 0.2) is 0 Å². The second-order valence-corrected chi connectivity index (χ2v) is 11.1. The Balaban J connectivity index is 1.48. The molecule has 1 aliphatic heterocycles. The average Bonchev–Trinajstić information content (AvgIpc) is 2.86. The zero-order valence-electron chi connectivity index (χ0n) is 20.4. The second kappa shape index (κ2) is 11.2. The van der Waals surface area contributed by atoms with Crippen LogP contribution in [-0.4, -0.2) is 61.2 Å². The lowest BCUT2D eigenvalue weighted by Crippen LogP contribution is -2.51. The molecule has 6 nitrogen and oxygen atoms in total. The van der Waals surface area contributed by atoms with Gasteiger partial charge >= 0.3 is 0 Å². The molecule has 0 atom stereocenters. The van der Waals surface area contributed by atoms with Crippen molar-refractivity contribution < 1.29 is 13.2 Å². The first-order valence-electron chi connectivity index (χ1n) is 12.0. The molecule has 7 heteroatoms. The van der Waals surface area contributed by atoms with E-state index in [2.05, 4.69) is 17.0 Å². The Morgan fingerprint density at radius 3 is 2.06 bits per heavy atom. The van der Waals surface area contributed by atoms with Gasteiger partial charge in [0.25, 0.3) is 0 Å². The van der Waals surface area contributed by atoms with Crippen LogP contribution in [0.25, 0.3) is 0 Å². The van der Waals surface area contributed by atoms with Crippen LogP contribution in [0.2, 0.25) is 0 Å². The smallest absolute Gasteiger partial charge is 0.244 e. The van der Waals surface area contributed by atoms with E-state index in [9.17, 15) is 13.2 Å². The van der Waals surface area contributed by atoms with Gasteiger partial charge in [-0.25, -0.2) is 8.42 Å². The molecular formula is C28H33N3O3S. The first-order valence-corrected chi connectivity index (χ1v) is 13.4. The van der Waals surface area contributed by atoms with Gasteiger partial charge < -0.3 is 4.90 Å². The van der Waals surface area contributed by atoms with Crippen LogP contribution in [0, 0.1) is 13.8 Å². The van der Waals surface area contributed by atoms with Crippen LogP contribution in [-0.2, 0) is 27.9 Å². The van der Waals surface area contributed by atoms with Gasteiger partial charge in [-0.2, -0.15) is 4.31 Å². The number of benzene rings is 3. The number of rotatable bonds is 8. The van der Waals surface area contributed by atoms with Gasteiger partial charge in [-0.05, 0) is 42.2 Å². The van der Waals surface area contributed by atoms with E-state index in [1.54, 1.807) is 17.9 Å². The summed E-state index contributed by atoms with van der Waals surface area (Å²) in [7, 11) is -3.86. The van der Waals surface area contributed by atoms with Crippen molar-refractivity contribution in [1.29, 1.82) is 0 Å². The number of aryl methyl sites for hydroxylation is 2. The lowest BCUT2D eigenvalue weighted by Gasteiger charge is -2.35. The Morgan fingerprint density at radius 1 is 0.829 bits per heavy atom. The zero-order chi connectivity index (χ0) is 24.8. The first-order chi connectivity index (χ1) is 16.8. The summed E-state index contributed by atoms with van der Waals surface area (Å²) in [5.41, 5.74) is 3.65. The Labute approximate surface area is 208 Å². The van der Waals surface area contributed by atoms with E-state index in [0.717, 1.165) is 30.8 Å². The highest BCUT2D eigenvalue weighted by Crippen LogP contribution is 2.23. The molecule has 4 rings (SSSR count). The van der Waals surface area contributed by atoms with Gasteiger partial charge in [-0.15, -0.1) is 0 Å². The lowest BCUT2D eigenvalue weighted by molar-refractivity contribution is -0.133. The second-order valence-electron chi connectivity index (χ2n) is 9.17. The highest BCUT2D eigenvalue weighted by molar-refractivity contribution is 7.89. The molecule has 0 unspecified atom stereocenters. The van der Waals surface area contributed by atoms with E-state index in [1.807, 2.05) is 67.6 Å². The van der Waals surface area contributed by atoms with Gasteiger partial charge in [-0.3, -0.25) is 9.69 Å². The fourth-order valence-corrected chi connectivity index (χ4v) is 6.07. The number of sulfonamides is 1. The van der Waals surface area contributed by atoms with Crippen molar-refractivity contribution >= 4 is 15.9 Å². The Kier molecular flexibility index (Phi) is 8.00. The summed E-state index contributed by atoms with van der Waals surface area (Å²) in [6.07, 6.45) is 0. The van der Waals surface area contributed by atoms with Crippen molar-refractivity contribution in [3.63, 3.8) is 0 Å². The van der Waals surface area contributed by atoms with Crippen LogP contribution in [0.5, 0.6) is 0 Å². The molecule has 184 valence electrons. The van der Waals surface area contributed by atoms with Crippen LogP contribution in [0.15, 0.2) is 83.8 Å². The monoisotopic (exact) mass is 491 g/mol. The number of hydrogen-bond acceptors (Lipinski definition) is 4. The van der Waals surface area contributed by atoms with Crippen molar-refractivity contribution in [3.05, 3.63) is 101 Å². The molecule has 0 bridgehead atoms. The molecule has 1 saturated heterocycles. The Morgan fingerprint density at radius 2 is 1.43 bits per heavy atom. The number of hydrogen-bond donors (Lipinski definition) is 0. The SMILES string of the molecule is Cc1ccc(C)c(S(=O)(=O)N(CC(=O)N2CCN(Cc3ccccc3)CC2)Cc2ccccc2)c1. The fourth-order valence-electron chi connectivity index (χ4n) is 4.39. The lowest BCUT2D eigenvalue weighted by atomic mass is 10.2. The molecule has 3 aromatic carbocycles. The standard InChI is InChI=1S/C28H33N3O3S/c1-23-13-14-24(2)27(19-23)35(33,34)31(21-26-11-7-4-8-12-26)22-28(32)30-17-15-29(16-18-30)20-25-9-5-3-6-10-25/h3-14,19H,15-18,20-22H2,1-2H3. The summed E-state index contributed by atoms with van der Waals surface area (Å²) < 4.78 is 28.8. The first kappa shape index (κ1) is 25.1. The molecule has 35 heavy (non-hydrogen) atoms. The predicted molar refractivity (Wildman–Crippen MR) is 138 cm³/mol. The normalized spacial score (nSPS) is 14.9. The minimum absolute atomic E-state index is 0.149. The molecule has 3 aromatic rings. The number of piperazine rings is 1. The van der Waals surface area contributed by atoms with E-state index in [4.69, 9.17) is 0 Å². The van der Waals surface area contributed by atoms with E-state index in [1.165, 1.54) is 9.87 Å². The summed E-state index contributed by atoms with van der Waals surface area (Å²) in [6.45, 7) is 7.21. The summed E-state index contributed by atoms with van der Waals surface area (Å²) in [5, 5.41) is 0. The fraction of sp³-hybridized carbons (Fsp3) is 0.321. The number of carbonyl (C=O) groups excluding carboxylic acids is 1. The number of carbonyl (C=O) groups is 1. The maximum absolute atomic E-state index is 13.7. The third kappa shape index (κ3) is 6.36. The molecule has 1 heterocycles. The molecule has 0 aliphatic carbocycles. The number of amides is 1.